The number of carbonyl (C=O) groups is 2. The number of sulfonamides is 1. The van der Waals surface area contributed by atoms with Crippen LogP contribution in [-0.2, 0) is 10.0 Å². The van der Waals surface area contributed by atoms with Crippen LogP contribution in [0.3, 0.4) is 0 Å². The highest BCUT2D eigenvalue weighted by Crippen LogP contribution is 2.31. The molecule has 110 valence electrons. The monoisotopic (exact) mass is 301 g/mol. The summed E-state index contributed by atoms with van der Waals surface area (Å²) >= 11 is 0. The second kappa shape index (κ2) is 5.59. The lowest BCUT2D eigenvalue weighted by molar-refractivity contribution is 0.0692. The van der Waals surface area contributed by atoms with Crippen molar-refractivity contribution < 1.29 is 27.9 Å². The van der Waals surface area contributed by atoms with Gasteiger partial charge < -0.3 is 9.84 Å². The smallest absolute Gasteiger partial charge is 0.337 e. The van der Waals surface area contributed by atoms with Gasteiger partial charge in [-0.1, -0.05) is 13.8 Å². The summed E-state index contributed by atoms with van der Waals surface area (Å²) in [6.07, 6.45) is 0. The fraction of sp³-hybridized carbons (Fsp3) is 0.333. The summed E-state index contributed by atoms with van der Waals surface area (Å²) in [6.45, 7) is 3.12. The number of ether oxygens (including phenoxy) is 1. The number of aromatic carboxylic acids is 1. The van der Waals surface area contributed by atoms with Crippen LogP contribution in [0.2, 0.25) is 0 Å². The molecule has 0 aliphatic carbocycles. The van der Waals surface area contributed by atoms with Gasteiger partial charge in [-0.2, -0.15) is 0 Å². The predicted octanol–water partition coefficient (Wildman–Crippen LogP) is 0.880. The molecule has 0 saturated carbocycles. The van der Waals surface area contributed by atoms with Crippen molar-refractivity contribution in [2.75, 3.05) is 7.11 Å². The molecule has 0 heterocycles. The number of hydrogen-bond donors (Lipinski definition) is 2. The average molecular weight is 301 g/mol. The van der Waals surface area contributed by atoms with Crippen molar-refractivity contribution in [2.24, 2.45) is 11.1 Å². The number of primary sulfonamides is 1. The molecule has 0 radical (unpaired) electrons. The van der Waals surface area contributed by atoms with Crippen molar-refractivity contribution in [3.05, 3.63) is 23.3 Å². The van der Waals surface area contributed by atoms with E-state index in [0.717, 1.165) is 6.07 Å². The number of carbonyl (C=O) groups excluding carboxylic acids is 1. The molecule has 0 bridgehead atoms. The van der Waals surface area contributed by atoms with Crippen LogP contribution in [0.25, 0.3) is 0 Å². The summed E-state index contributed by atoms with van der Waals surface area (Å²) in [7, 11) is -3.15. The molecule has 7 nitrogen and oxygen atoms in total. The molecule has 0 aromatic heterocycles. The van der Waals surface area contributed by atoms with E-state index in [1.807, 2.05) is 0 Å². The van der Waals surface area contributed by atoms with Crippen LogP contribution in [0.5, 0.6) is 5.75 Å². The number of hydrogen-bond acceptors (Lipinski definition) is 5. The number of carboxylic acid groups (broad SMARTS) is 1. The molecule has 1 rings (SSSR count). The Morgan fingerprint density at radius 3 is 2.20 bits per heavy atom. The largest absolute Gasteiger partial charge is 0.496 e. The molecule has 0 atom stereocenters. The second-order valence-electron chi connectivity index (χ2n) is 4.39. The molecule has 0 amide bonds. The first-order valence-electron chi connectivity index (χ1n) is 5.62. The molecule has 0 aliphatic rings. The van der Waals surface area contributed by atoms with Gasteiger partial charge in [0.2, 0.25) is 10.0 Å². The summed E-state index contributed by atoms with van der Waals surface area (Å²) in [4.78, 5) is 22.6. The number of methoxy groups -OCH3 is 1. The molecule has 20 heavy (non-hydrogen) atoms. The maximum atomic E-state index is 12.2. The van der Waals surface area contributed by atoms with E-state index in [1.165, 1.54) is 13.2 Å². The van der Waals surface area contributed by atoms with E-state index in [4.69, 9.17) is 15.0 Å². The van der Waals surface area contributed by atoms with Crippen LogP contribution < -0.4 is 9.88 Å². The van der Waals surface area contributed by atoms with Gasteiger partial charge in [0.05, 0.1) is 18.2 Å². The van der Waals surface area contributed by atoms with Crippen molar-refractivity contribution in [1.29, 1.82) is 0 Å². The zero-order chi connectivity index (χ0) is 15.7. The standard InChI is InChI=1S/C12H15NO6S/c1-6(2)10(14)9-8(19-3)5-4-7(12(15)16)11(9)20(13,17)18/h4-6H,1-3H3,(H,15,16)(H2,13,17,18). The van der Waals surface area contributed by atoms with Crippen LogP contribution in [0.15, 0.2) is 17.0 Å². The maximum Gasteiger partial charge on any atom is 0.337 e. The third-order valence-corrected chi connectivity index (χ3v) is 3.62. The molecular formula is C12H15NO6S. The van der Waals surface area contributed by atoms with E-state index < -0.39 is 38.2 Å². The van der Waals surface area contributed by atoms with Crippen molar-refractivity contribution in [3.63, 3.8) is 0 Å². The molecule has 0 unspecified atom stereocenters. The topological polar surface area (TPSA) is 124 Å². The number of rotatable bonds is 5. The number of nitrogens with two attached hydrogens (primary N) is 1. The number of benzene rings is 1. The predicted molar refractivity (Wildman–Crippen MR) is 70.5 cm³/mol. The van der Waals surface area contributed by atoms with Gasteiger partial charge in [0.15, 0.2) is 5.78 Å². The van der Waals surface area contributed by atoms with E-state index in [-0.39, 0.29) is 11.3 Å². The van der Waals surface area contributed by atoms with Gasteiger partial charge in [0, 0.05) is 5.92 Å². The SMILES string of the molecule is COc1ccc(C(=O)O)c(S(N)(=O)=O)c1C(=O)C(C)C. The van der Waals surface area contributed by atoms with E-state index in [2.05, 4.69) is 0 Å². The molecule has 0 spiro atoms. The summed E-state index contributed by atoms with van der Waals surface area (Å²) in [5.74, 6) is -2.63. The lowest BCUT2D eigenvalue weighted by Crippen LogP contribution is -2.23. The summed E-state index contributed by atoms with van der Waals surface area (Å²) in [5.41, 5.74) is -0.887. The Hall–Kier alpha value is -1.93. The minimum absolute atomic E-state index is 0.0299. The first kappa shape index (κ1) is 16.1. The van der Waals surface area contributed by atoms with Gasteiger partial charge in [-0.15, -0.1) is 0 Å². The highest BCUT2D eigenvalue weighted by molar-refractivity contribution is 7.89. The Morgan fingerprint density at radius 2 is 1.85 bits per heavy atom. The third-order valence-electron chi connectivity index (χ3n) is 2.63. The molecule has 0 saturated heterocycles. The Kier molecular flexibility index (Phi) is 4.51. The maximum absolute atomic E-state index is 12.2. The van der Waals surface area contributed by atoms with Gasteiger partial charge in [0.1, 0.15) is 10.6 Å². The fourth-order valence-electron chi connectivity index (χ4n) is 1.72. The van der Waals surface area contributed by atoms with Crippen molar-refractivity contribution in [1.82, 2.24) is 0 Å². The summed E-state index contributed by atoms with van der Waals surface area (Å²) in [5, 5.41) is 14.1. The minimum Gasteiger partial charge on any atom is -0.496 e. The first-order valence-corrected chi connectivity index (χ1v) is 7.17. The highest BCUT2D eigenvalue weighted by Gasteiger charge is 2.30. The van der Waals surface area contributed by atoms with Crippen molar-refractivity contribution >= 4 is 21.8 Å². The van der Waals surface area contributed by atoms with Crippen molar-refractivity contribution in [2.45, 2.75) is 18.7 Å². The van der Waals surface area contributed by atoms with Gasteiger partial charge in [-0.05, 0) is 12.1 Å². The van der Waals surface area contributed by atoms with Gasteiger partial charge in [-0.3, -0.25) is 4.79 Å². The first-order chi connectivity index (χ1) is 9.11. The summed E-state index contributed by atoms with van der Waals surface area (Å²) < 4.78 is 28.3. The van der Waals surface area contributed by atoms with E-state index in [0.29, 0.717) is 0 Å². The summed E-state index contributed by atoms with van der Waals surface area (Å²) in [6, 6.07) is 2.27. The molecule has 0 fully saturated rings. The van der Waals surface area contributed by atoms with E-state index in [1.54, 1.807) is 13.8 Å². The van der Waals surface area contributed by atoms with Crippen LogP contribution >= 0.6 is 0 Å². The third kappa shape index (κ3) is 2.97. The van der Waals surface area contributed by atoms with Gasteiger partial charge >= 0.3 is 5.97 Å². The Morgan fingerprint density at radius 1 is 1.30 bits per heavy atom. The Bertz CT molecular complexity index is 663. The quantitative estimate of drug-likeness (QED) is 0.778. The van der Waals surface area contributed by atoms with Crippen molar-refractivity contribution in [3.8, 4) is 5.75 Å². The lowest BCUT2D eigenvalue weighted by Gasteiger charge is -2.15. The normalized spacial score (nSPS) is 11.4. The highest BCUT2D eigenvalue weighted by atomic mass is 32.2. The van der Waals surface area contributed by atoms with Crippen LogP contribution in [0.4, 0.5) is 0 Å². The number of carboxylic acids is 1. The van der Waals surface area contributed by atoms with E-state index in [9.17, 15) is 18.0 Å². The van der Waals surface area contributed by atoms with Gasteiger partial charge in [0.25, 0.3) is 0 Å². The van der Waals surface area contributed by atoms with Crippen LogP contribution in [0, 0.1) is 5.92 Å². The second-order valence-corrected chi connectivity index (χ2v) is 5.89. The van der Waals surface area contributed by atoms with E-state index >= 15 is 0 Å². The van der Waals surface area contributed by atoms with Crippen LogP contribution in [-0.4, -0.2) is 32.4 Å². The molecule has 3 N–H and O–H groups in total. The molecule has 1 aromatic carbocycles. The minimum atomic E-state index is -4.40. The molecule has 0 aliphatic heterocycles. The molecule has 1 aromatic rings. The van der Waals surface area contributed by atoms with Gasteiger partial charge in [-0.25, -0.2) is 18.4 Å². The number of ketones is 1. The average Bonchev–Trinajstić information content (AvgIpc) is 2.34. The lowest BCUT2D eigenvalue weighted by atomic mass is 9.98. The zero-order valence-corrected chi connectivity index (χ0v) is 12.0. The fourth-order valence-corrected chi connectivity index (χ4v) is 2.67. The Balaban J connectivity index is 3.89. The molecule has 8 heteroatoms. The Labute approximate surface area is 116 Å². The number of Topliss-reactive ketones (excluding diaryl/α,β-unsaturated/α-hetero) is 1. The molecular weight excluding hydrogens is 286 g/mol. The zero-order valence-electron chi connectivity index (χ0n) is 11.2. The van der Waals surface area contributed by atoms with Crippen LogP contribution in [0.1, 0.15) is 34.6 Å².